The van der Waals surface area contributed by atoms with E-state index >= 15 is 0 Å². The molecule has 0 amide bonds. The minimum absolute atomic E-state index is 0.0297. The Labute approximate surface area is 156 Å². The van der Waals surface area contributed by atoms with Gasteiger partial charge in [-0.1, -0.05) is 24.3 Å². The molecule has 2 aromatic carbocycles. The number of hydrogen-bond donors (Lipinski definition) is 2. The Morgan fingerprint density at radius 3 is 2.69 bits per heavy atom. The lowest BCUT2D eigenvalue weighted by Gasteiger charge is -2.04. The molecule has 7 heteroatoms. The minimum Gasteiger partial charge on any atom is -0.497 e. The molecule has 0 aliphatic rings. The van der Waals surface area contributed by atoms with Crippen molar-refractivity contribution in [2.45, 2.75) is 6.54 Å². The van der Waals surface area contributed by atoms with Crippen molar-refractivity contribution in [2.75, 3.05) is 12.4 Å². The lowest BCUT2D eigenvalue weighted by molar-refractivity contribution is 0.415. The van der Waals surface area contributed by atoms with Gasteiger partial charge in [-0.05, 0) is 42.5 Å². The number of anilines is 1. The summed E-state index contributed by atoms with van der Waals surface area (Å²) in [7, 11) is 1.61. The first-order valence-electron chi connectivity index (χ1n) is 7.92. The van der Waals surface area contributed by atoms with E-state index in [1.807, 2.05) is 48.5 Å². The van der Waals surface area contributed by atoms with Crippen molar-refractivity contribution in [3.8, 4) is 11.6 Å². The molecule has 0 saturated carbocycles. The van der Waals surface area contributed by atoms with Gasteiger partial charge in [0, 0.05) is 17.6 Å². The zero-order chi connectivity index (χ0) is 18.5. The van der Waals surface area contributed by atoms with E-state index in [2.05, 4.69) is 22.1 Å². The largest absolute Gasteiger partial charge is 0.497 e. The first-order chi connectivity index (χ1) is 12.6. The number of methoxy groups -OCH3 is 1. The lowest BCUT2D eigenvalue weighted by atomic mass is 10.2. The zero-order valence-electron chi connectivity index (χ0n) is 14.2. The Kier molecular flexibility index (Phi) is 5.28. The van der Waals surface area contributed by atoms with Crippen LogP contribution in [-0.4, -0.2) is 21.9 Å². The summed E-state index contributed by atoms with van der Waals surface area (Å²) in [6, 6.07) is 14.9. The van der Waals surface area contributed by atoms with Gasteiger partial charge < -0.3 is 19.7 Å². The van der Waals surface area contributed by atoms with E-state index < -0.39 is 0 Å². The molecule has 2 N–H and O–H groups in total. The number of benzene rings is 2. The minimum atomic E-state index is 0.0297. The monoisotopic (exact) mass is 366 g/mol. The fourth-order valence-corrected chi connectivity index (χ4v) is 2.76. The summed E-state index contributed by atoms with van der Waals surface area (Å²) in [5.74, 6) is 0.783. The Bertz CT molecular complexity index is 977. The van der Waals surface area contributed by atoms with E-state index in [1.54, 1.807) is 17.8 Å². The van der Waals surface area contributed by atoms with Crippen LogP contribution >= 0.6 is 12.2 Å². The average molecular weight is 366 g/mol. The number of fused-ring (bicyclic) bond motifs is 1. The second kappa shape index (κ2) is 7.79. The molecule has 0 unspecified atom stereocenters. The number of aromatic hydroxyl groups is 1. The van der Waals surface area contributed by atoms with Crippen molar-refractivity contribution in [2.24, 2.45) is 10.2 Å². The van der Waals surface area contributed by atoms with Crippen molar-refractivity contribution in [1.82, 2.24) is 4.57 Å². The van der Waals surface area contributed by atoms with Gasteiger partial charge in [0.1, 0.15) is 5.75 Å². The molecule has 1 heterocycles. The molecule has 3 aromatic rings. The van der Waals surface area contributed by atoms with Crippen LogP contribution in [-0.2, 0) is 6.54 Å². The summed E-state index contributed by atoms with van der Waals surface area (Å²) in [6.07, 6.45) is 1.71. The molecule has 26 heavy (non-hydrogen) atoms. The predicted octanol–water partition coefficient (Wildman–Crippen LogP) is 5.02. The highest BCUT2D eigenvalue weighted by molar-refractivity contribution is 7.80. The number of nitrogens with zero attached hydrogens (tertiary/aromatic N) is 3. The molecule has 0 saturated heterocycles. The first-order valence-corrected chi connectivity index (χ1v) is 8.32. The second-order valence-electron chi connectivity index (χ2n) is 5.45. The highest BCUT2D eigenvalue weighted by Gasteiger charge is 2.15. The SMILES string of the molecule is C=CCn1c(O)c(N=NC(=S)Nc2ccc(OC)cc2)c2ccccc21. The van der Waals surface area contributed by atoms with Crippen LogP contribution in [0.5, 0.6) is 11.6 Å². The Balaban J connectivity index is 1.84. The third kappa shape index (κ3) is 3.57. The smallest absolute Gasteiger partial charge is 0.221 e. The molecular weight excluding hydrogens is 348 g/mol. The molecule has 0 fully saturated rings. The van der Waals surface area contributed by atoms with E-state index in [1.165, 1.54) is 0 Å². The molecule has 0 aliphatic heterocycles. The normalized spacial score (nSPS) is 11.0. The molecule has 1 aromatic heterocycles. The van der Waals surface area contributed by atoms with Crippen molar-refractivity contribution in [3.63, 3.8) is 0 Å². The summed E-state index contributed by atoms with van der Waals surface area (Å²) in [6.45, 7) is 4.19. The molecular formula is C19H18N4O2S. The van der Waals surface area contributed by atoms with Crippen molar-refractivity contribution >= 4 is 39.6 Å². The number of aromatic nitrogens is 1. The van der Waals surface area contributed by atoms with Crippen LogP contribution in [0, 0.1) is 0 Å². The van der Waals surface area contributed by atoms with Gasteiger partial charge in [0.25, 0.3) is 0 Å². The van der Waals surface area contributed by atoms with E-state index in [0.29, 0.717) is 12.2 Å². The third-order valence-corrected chi connectivity index (χ3v) is 3.99. The van der Waals surface area contributed by atoms with Crippen LogP contribution in [0.3, 0.4) is 0 Å². The number of azo groups is 1. The summed E-state index contributed by atoms with van der Waals surface area (Å²) in [5, 5.41) is 22.6. The van der Waals surface area contributed by atoms with Gasteiger partial charge in [-0.25, -0.2) is 0 Å². The van der Waals surface area contributed by atoms with Gasteiger partial charge in [0.05, 0.1) is 12.6 Å². The summed E-state index contributed by atoms with van der Waals surface area (Å²) in [5.41, 5.74) is 2.00. The van der Waals surface area contributed by atoms with Gasteiger partial charge in [0.2, 0.25) is 11.0 Å². The molecule has 0 aliphatic carbocycles. The Morgan fingerprint density at radius 2 is 2.00 bits per heavy atom. The highest BCUT2D eigenvalue weighted by Crippen LogP contribution is 2.38. The van der Waals surface area contributed by atoms with Gasteiger partial charge in [-0.15, -0.1) is 16.8 Å². The summed E-state index contributed by atoms with van der Waals surface area (Å²) in [4.78, 5) is 0. The Morgan fingerprint density at radius 1 is 1.27 bits per heavy atom. The molecule has 132 valence electrons. The van der Waals surface area contributed by atoms with Crippen LogP contribution in [0.2, 0.25) is 0 Å². The fourth-order valence-electron chi connectivity index (χ4n) is 2.60. The zero-order valence-corrected chi connectivity index (χ0v) is 15.0. The maximum Gasteiger partial charge on any atom is 0.221 e. The summed E-state index contributed by atoms with van der Waals surface area (Å²) >= 11 is 5.21. The Hall–Kier alpha value is -3.19. The van der Waals surface area contributed by atoms with Crippen LogP contribution in [0.1, 0.15) is 0 Å². The maximum atomic E-state index is 10.5. The predicted molar refractivity (Wildman–Crippen MR) is 108 cm³/mol. The number of nitrogens with one attached hydrogen (secondary N) is 1. The van der Waals surface area contributed by atoms with E-state index in [0.717, 1.165) is 22.3 Å². The van der Waals surface area contributed by atoms with Crippen LogP contribution < -0.4 is 10.1 Å². The number of allylic oxidation sites excluding steroid dienone is 1. The quantitative estimate of drug-likeness (QED) is 0.378. The van der Waals surface area contributed by atoms with Crippen LogP contribution in [0.25, 0.3) is 10.9 Å². The van der Waals surface area contributed by atoms with Gasteiger partial charge in [-0.2, -0.15) is 0 Å². The molecule has 0 radical (unpaired) electrons. The highest BCUT2D eigenvalue weighted by atomic mass is 32.1. The number of rotatable bonds is 5. The van der Waals surface area contributed by atoms with E-state index in [4.69, 9.17) is 17.0 Å². The molecule has 0 bridgehead atoms. The number of ether oxygens (including phenoxy) is 1. The van der Waals surface area contributed by atoms with E-state index in [9.17, 15) is 5.11 Å². The van der Waals surface area contributed by atoms with E-state index in [-0.39, 0.29) is 11.0 Å². The van der Waals surface area contributed by atoms with Crippen molar-refractivity contribution < 1.29 is 9.84 Å². The average Bonchev–Trinajstić information content (AvgIpc) is 2.93. The van der Waals surface area contributed by atoms with Crippen molar-refractivity contribution in [1.29, 1.82) is 0 Å². The van der Waals surface area contributed by atoms with Gasteiger partial charge in [0.15, 0.2) is 5.69 Å². The first kappa shape index (κ1) is 17.6. The van der Waals surface area contributed by atoms with Crippen LogP contribution in [0.15, 0.2) is 71.4 Å². The molecule has 0 spiro atoms. The number of hydrogen-bond acceptors (Lipinski definition) is 4. The van der Waals surface area contributed by atoms with Gasteiger partial charge in [-0.3, -0.25) is 0 Å². The topological polar surface area (TPSA) is 71.1 Å². The molecule has 0 atom stereocenters. The molecule has 3 rings (SSSR count). The van der Waals surface area contributed by atoms with Crippen molar-refractivity contribution in [3.05, 3.63) is 61.2 Å². The maximum absolute atomic E-state index is 10.5. The number of para-hydroxylation sites is 1. The lowest BCUT2D eigenvalue weighted by Crippen LogP contribution is -2.04. The van der Waals surface area contributed by atoms with Gasteiger partial charge >= 0.3 is 0 Å². The molecule has 6 nitrogen and oxygen atoms in total. The summed E-state index contributed by atoms with van der Waals surface area (Å²) < 4.78 is 6.83. The third-order valence-electron chi connectivity index (χ3n) is 3.81. The van der Waals surface area contributed by atoms with Crippen LogP contribution in [0.4, 0.5) is 11.4 Å². The fraction of sp³-hybridized carbons (Fsp3) is 0.105. The standard InChI is InChI=1S/C19H18N4O2S/c1-3-12-23-16-7-5-4-6-15(16)17(18(23)24)21-22-19(26)20-13-8-10-14(25-2)11-9-13/h3-11,24H,1,12H2,2H3,(H,20,26). The number of thiocarbonyl (C=S) groups is 1. The second-order valence-corrected chi connectivity index (χ2v) is 5.83.